The summed E-state index contributed by atoms with van der Waals surface area (Å²) in [6, 6.07) is 12.8. The molecule has 1 amide bonds. The first kappa shape index (κ1) is 17.5. The van der Waals surface area contributed by atoms with E-state index in [-0.39, 0.29) is 12.7 Å². The van der Waals surface area contributed by atoms with Crippen LogP contribution in [0.4, 0.5) is 5.69 Å². The first-order valence-electron chi connectivity index (χ1n) is 8.83. The van der Waals surface area contributed by atoms with E-state index in [0.29, 0.717) is 34.1 Å². The van der Waals surface area contributed by atoms with E-state index in [0.717, 1.165) is 16.0 Å². The molecule has 2 aromatic carbocycles. The average molecular weight is 405 g/mol. The van der Waals surface area contributed by atoms with E-state index in [4.69, 9.17) is 9.47 Å². The minimum Gasteiger partial charge on any atom is -0.454 e. The molecule has 0 saturated heterocycles. The summed E-state index contributed by atoms with van der Waals surface area (Å²) in [6.45, 7) is 0.198. The summed E-state index contributed by atoms with van der Waals surface area (Å²) in [5, 5.41) is 11.5. The summed E-state index contributed by atoms with van der Waals surface area (Å²) >= 11 is 1.57. The molecule has 0 spiro atoms. The van der Waals surface area contributed by atoms with Crippen LogP contribution in [0, 0.1) is 0 Å². The fourth-order valence-corrected chi connectivity index (χ4v) is 3.90. The van der Waals surface area contributed by atoms with Gasteiger partial charge in [-0.2, -0.15) is 5.10 Å². The molecule has 0 saturated carbocycles. The van der Waals surface area contributed by atoms with Gasteiger partial charge in [-0.1, -0.05) is 12.1 Å². The molecule has 3 heterocycles. The van der Waals surface area contributed by atoms with Crippen molar-refractivity contribution in [3.8, 4) is 11.5 Å². The number of amides is 1. The van der Waals surface area contributed by atoms with Gasteiger partial charge in [-0.25, -0.2) is 9.97 Å². The Morgan fingerprint density at radius 3 is 3.03 bits per heavy atom. The maximum Gasteiger partial charge on any atom is 0.255 e. The number of carbonyl (C=O) groups excluding carboxylic acids is 1. The van der Waals surface area contributed by atoms with E-state index < -0.39 is 0 Å². The van der Waals surface area contributed by atoms with Crippen LogP contribution in [0.25, 0.3) is 11.0 Å². The van der Waals surface area contributed by atoms with Crippen molar-refractivity contribution in [3.63, 3.8) is 0 Å². The molecule has 2 N–H and O–H groups in total. The van der Waals surface area contributed by atoms with Crippen molar-refractivity contribution in [1.29, 1.82) is 0 Å². The van der Waals surface area contributed by atoms with Gasteiger partial charge in [0, 0.05) is 23.1 Å². The van der Waals surface area contributed by atoms with Crippen molar-refractivity contribution in [2.24, 2.45) is 0 Å². The quantitative estimate of drug-likeness (QED) is 0.386. The van der Waals surface area contributed by atoms with Crippen LogP contribution in [0.3, 0.4) is 0 Å². The molecule has 0 unspecified atom stereocenters. The van der Waals surface area contributed by atoms with Gasteiger partial charge in [-0.15, -0.1) is 11.8 Å². The SMILES string of the molecule is O=C(Nc1ccc2c(c1)OCO2)c1cccc(CSc2ncnc3[nH]ncc23)c1. The number of ether oxygens (including phenoxy) is 2. The standard InChI is InChI=1S/C20H15N5O3S/c26-19(24-14-4-5-16-17(7-14)28-11-27-16)13-3-1-2-12(6-13)9-29-20-15-8-23-25-18(15)21-10-22-20/h1-8,10H,9,11H2,(H,24,26)(H,21,22,23,25). The second-order valence-corrected chi connectivity index (χ2v) is 7.29. The fourth-order valence-electron chi connectivity index (χ4n) is 2.99. The van der Waals surface area contributed by atoms with Gasteiger partial charge in [0.1, 0.15) is 11.4 Å². The zero-order valence-corrected chi connectivity index (χ0v) is 15.9. The van der Waals surface area contributed by atoms with Crippen molar-refractivity contribution in [1.82, 2.24) is 20.2 Å². The number of nitrogens with zero attached hydrogens (tertiary/aromatic N) is 3. The molecular weight excluding hydrogens is 390 g/mol. The van der Waals surface area contributed by atoms with Gasteiger partial charge in [-0.05, 0) is 29.8 Å². The molecule has 0 bridgehead atoms. The monoisotopic (exact) mass is 405 g/mol. The lowest BCUT2D eigenvalue weighted by molar-refractivity contribution is 0.102. The van der Waals surface area contributed by atoms with Crippen LogP contribution in [0.1, 0.15) is 15.9 Å². The summed E-state index contributed by atoms with van der Waals surface area (Å²) in [4.78, 5) is 21.1. The maximum atomic E-state index is 12.7. The molecule has 9 heteroatoms. The molecular formula is C20H15N5O3S. The Bertz CT molecular complexity index is 1210. The molecule has 4 aromatic rings. The Labute approximate surface area is 169 Å². The highest BCUT2D eigenvalue weighted by Gasteiger charge is 2.15. The van der Waals surface area contributed by atoms with Crippen molar-refractivity contribution >= 4 is 34.4 Å². The second kappa shape index (κ2) is 7.44. The third-order valence-electron chi connectivity index (χ3n) is 4.41. The van der Waals surface area contributed by atoms with Crippen LogP contribution in [-0.4, -0.2) is 32.9 Å². The molecule has 0 fully saturated rings. The summed E-state index contributed by atoms with van der Waals surface area (Å²) in [7, 11) is 0. The molecule has 0 radical (unpaired) electrons. The smallest absolute Gasteiger partial charge is 0.255 e. The van der Waals surface area contributed by atoms with E-state index in [1.54, 1.807) is 42.2 Å². The number of benzene rings is 2. The van der Waals surface area contributed by atoms with Gasteiger partial charge in [0.2, 0.25) is 6.79 Å². The summed E-state index contributed by atoms with van der Waals surface area (Å²) in [6.07, 6.45) is 3.23. The highest BCUT2D eigenvalue weighted by molar-refractivity contribution is 7.98. The fraction of sp³-hybridized carbons (Fsp3) is 0.100. The average Bonchev–Trinajstić information content (AvgIpc) is 3.41. The van der Waals surface area contributed by atoms with Crippen LogP contribution in [0.2, 0.25) is 0 Å². The first-order chi connectivity index (χ1) is 14.3. The van der Waals surface area contributed by atoms with Gasteiger partial charge in [-0.3, -0.25) is 9.89 Å². The number of anilines is 1. The number of thioether (sulfide) groups is 1. The van der Waals surface area contributed by atoms with Crippen molar-refractivity contribution < 1.29 is 14.3 Å². The van der Waals surface area contributed by atoms with Gasteiger partial charge in [0.15, 0.2) is 17.1 Å². The lowest BCUT2D eigenvalue weighted by Crippen LogP contribution is -2.12. The Morgan fingerprint density at radius 2 is 2.07 bits per heavy atom. The minimum atomic E-state index is -0.185. The molecule has 5 rings (SSSR count). The zero-order chi connectivity index (χ0) is 19.6. The number of aromatic amines is 1. The van der Waals surface area contributed by atoms with Gasteiger partial charge >= 0.3 is 0 Å². The number of carbonyl (C=O) groups is 1. The Kier molecular flexibility index (Phi) is 4.49. The van der Waals surface area contributed by atoms with Crippen LogP contribution in [0.5, 0.6) is 11.5 Å². The van der Waals surface area contributed by atoms with E-state index in [9.17, 15) is 4.79 Å². The van der Waals surface area contributed by atoms with Gasteiger partial charge in [0.05, 0.1) is 11.6 Å². The van der Waals surface area contributed by atoms with Crippen molar-refractivity contribution in [3.05, 3.63) is 66.1 Å². The van der Waals surface area contributed by atoms with Gasteiger partial charge < -0.3 is 14.8 Å². The van der Waals surface area contributed by atoms with E-state index in [2.05, 4.69) is 25.5 Å². The summed E-state index contributed by atoms with van der Waals surface area (Å²) in [5.41, 5.74) is 2.96. The van der Waals surface area contributed by atoms with Crippen molar-refractivity contribution in [2.45, 2.75) is 10.8 Å². The van der Waals surface area contributed by atoms with E-state index in [1.807, 2.05) is 18.2 Å². The number of rotatable bonds is 5. The molecule has 0 atom stereocenters. The number of fused-ring (bicyclic) bond motifs is 2. The molecule has 0 aliphatic carbocycles. The third-order valence-corrected chi connectivity index (χ3v) is 5.48. The first-order valence-corrected chi connectivity index (χ1v) is 9.82. The van der Waals surface area contributed by atoms with E-state index >= 15 is 0 Å². The molecule has 29 heavy (non-hydrogen) atoms. The van der Waals surface area contributed by atoms with Gasteiger partial charge in [0.25, 0.3) is 5.91 Å². The molecule has 1 aliphatic heterocycles. The van der Waals surface area contributed by atoms with Crippen LogP contribution in [0.15, 0.2) is 60.0 Å². The number of hydrogen-bond donors (Lipinski definition) is 2. The van der Waals surface area contributed by atoms with Crippen LogP contribution in [-0.2, 0) is 5.75 Å². The second-order valence-electron chi connectivity index (χ2n) is 6.32. The molecule has 2 aromatic heterocycles. The predicted molar refractivity (Wildman–Crippen MR) is 108 cm³/mol. The van der Waals surface area contributed by atoms with Crippen LogP contribution < -0.4 is 14.8 Å². The third kappa shape index (κ3) is 3.59. The number of nitrogens with one attached hydrogen (secondary N) is 2. The normalized spacial score (nSPS) is 12.3. The number of hydrogen-bond acceptors (Lipinski definition) is 7. The van der Waals surface area contributed by atoms with Crippen molar-refractivity contribution in [2.75, 3.05) is 12.1 Å². The van der Waals surface area contributed by atoms with E-state index in [1.165, 1.54) is 6.33 Å². The largest absolute Gasteiger partial charge is 0.454 e. The minimum absolute atomic E-state index is 0.185. The van der Waals surface area contributed by atoms with Crippen LogP contribution >= 0.6 is 11.8 Å². The lowest BCUT2D eigenvalue weighted by Gasteiger charge is -2.08. The maximum absolute atomic E-state index is 12.7. The number of aromatic nitrogens is 4. The highest BCUT2D eigenvalue weighted by Crippen LogP contribution is 2.34. The number of H-pyrrole nitrogens is 1. The Balaban J connectivity index is 1.29. The Morgan fingerprint density at radius 1 is 1.14 bits per heavy atom. The Hall–Kier alpha value is -3.59. The highest BCUT2D eigenvalue weighted by atomic mass is 32.2. The molecule has 1 aliphatic rings. The molecule has 8 nitrogen and oxygen atoms in total. The lowest BCUT2D eigenvalue weighted by atomic mass is 10.1. The summed E-state index contributed by atoms with van der Waals surface area (Å²) < 4.78 is 10.6. The topological polar surface area (TPSA) is 102 Å². The predicted octanol–water partition coefficient (Wildman–Crippen LogP) is 3.63. The summed E-state index contributed by atoms with van der Waals surface area (Å²) in [5.74, 6) is 1.79. The molecule has 144 valence electrons. The zero-order valence-electron chi connectivity index (χ0n) is 15.1.